The average Bonchev–Trinajstić information content (AvgIpc) is 2.09. The van der Waals surface area contributed by atoms with Crippen molar-refractivity contribution in [3.8, 4) is 5.75 Å². The van der Waals surface area contributed by atoms with E-state index in [-0.39, 0.29) is 11.5 Å². The van der Waals surface area contributed by atoms with Crippen molar-refractivity contribution in [3.63, 3.8) is 0 Å². The number of hydrogen-bond donors (Lipinski definition) is 2. The zero-order valence-corrected chi connectivity index (χ0v) is 7.74. The van der Waals surface area contributed by atoms with Gasteiger partial charge in [-0.1, -0.05) is 18.2 Å². The number of hydrogen-bond acceptors (Lipinski definition) is 3. The fourth-order valence-electron chi connectivity index (χ4n) is 1.31. The summed E-state index contributed by atoms with van der Waals surface area (Å²) in [5.74, 6) is 0.140. The first-order valence-electron chi connectivity index (χ1n) is 4.12. The minimum atomic E-state index is -0.416. The second kappa shape index (κ2) is 4.05. The van der Waals surface area contributed by atoms with Crippen molar-refractivity contribution >= 4 is 5.78 Å². The van der Waals surface area contributed by atoms with Gasteiger partial charge in [0.25, 0.3) is 0 Å². The summed E-state index contributed by atoms with van der Waals surface area (Å²) in [6.45, 7) is 1.49. The van der Waals surface area contributed by atoms with Gasteiger partial charge in [-0.25, -0.2) is 0 Å². The van der Waals surface area contributed by atoms with Crippen LogP contribution in [0, 0.1) is 0 Å². The molecule has 1 rings (SSSR count). The fourth-order valence-corrected chi connectivity index (χ4v) is 1.31. The van der Waals surface area contributed by atoms with Crippen LogP contribution in [0.1, 0.15) is 18.5 Å². The quantitative estimate of drug-likeness (QED) is 0.734. The molecular formula is C10H13NO2. The number of benzene rings is 1. The minimum absolute atomic E-state index is 0.0102. The smallest absolute Gasteiger partial charge is 0.151 e. The number of ketones is 1. The molecule has 0 saturated carbocycles. The Balaban J connectivity index is 3.04. The molecule has 0 heterocycles. The van der Waals surface area contributed by atoms with Gasteiger partial charge in [0.15, 0.2) is 5.78 Å². The summed E-state index contributed by atoms with van der Waals surface area (Å²) in [4.78, 5) is 11.2. The van der Waals surface area contributed by atoms with Crippen molar-refractivity contribution < 1.29 is 9.90 Å². The van der Waals surface area contributed by atoms with Crippen molar-refractivity contribution in [2.75, 3.05) is 7.05 Å². The molecule has 0 aliphatic rings. The van der Waals surface area contributed by atoms with Gasteiger partial charge in [0.05, 0.1) is 6.04 Å². The minimum Gasteiger partial charge on any atom is -0.508 e. The summed E-state index contributed by atoms with van der Waals surface area (Å²) >= 11 is 0. The molecule has 13 heavy (non-hydrogen) atoms. The summed E-state index contributed by atoms with van der Waals surface area (Å²) < 4.78 is 0. The van der Waals surface area contributed by atoms with Crippen molar-refractivity contribution in [1.82, 2.24) is 5.32 Å². The van der Waals surface area contributed by atoms with Gasteiger partial charge in [0, 0.05) is 5.56 Å². The molecule has 1 atom stereocenters. The predicted molar refractivity (Wildman–Crippen MR) is 50.6 cm³/mol. The summed E-state index contributed by atoms with van der Waals surface area (Å²) in [7, 11) is 1.69. The van der Waals surface area contributed by atoms with E-state index < -0.39 is 6.04 Å². The molecule has 0 saturated heterocycles. The number of carbonyl (C=O) groups excluding carboxylic acids is 1. The summed E-state index contributed by atoms with van der Waals surface area (Å²) in [6.07, 6.45) is 0. The van der Waals surface area contributed by atoms with Gasteiger partial charge in [0.2, 0.25) is 0 Å². The molecule has 0 radical (unpaired) electrons. The Morgan fingerprint density at radius 1 is 1.46 bits per heavy atom. The number of nitrogens with one attached hydrogen (secondary N) is 1. The van der Waals surface area contributed by atoms with E-state index in [0.717, 1.165) is 0 Å². The Morgan fingerprint density at radius 2 is 2.08 bits per heavy atom. The van der Waals surface area contributed by atoms with Crippen LogP contribution >= 0.6 is 0 Å². The molecule has 1 unspecified atom stereocenters. The summed E-state index contributed by atoms with van der Waals surface area (Å²) in [6, 6.07) is 6.41. The Kier molecular flexibility index (Phi) is 3.03. The first-order valence-corrected chi connectivity index (χ1v) is 4.12. The van der Waals surface area contributed by atoms with Gasteiger partial charge in [0.1, 0.15) is 5.75 Å². The van der Waals surface area contributed by atoms with Gasteiger partial charge in [-0.2, -0.15) is 0 Å². The number of phenolic OH excluding ortho intramolecular Hbond substituents is 1. The lowest BCUT2D eigenvalue weighted by molar-refractivity contribution is -0.119. The summed E-state index contributed by atoms with van der Waals surface area (Å²) in [5.41, 5.74) is 0.623. The maximum atomic E-state index is 11.2. The Labute approximate surface area is 77.4 Å². The fraction of sp³-hybridized carbons (Fsp3) is 0.300. The highest BCUT2D eigenvalue weighted by Crippen LogP contribution is 2.23. The first kappa shape index (κ1) is 9.74. The van der Waals surface area contributed by atoms with E-state index in [1.54, 1.807) is 31.3 Å². The second-order valence-corrected chi connectivity index (χ2v) is 2.89. The highest BCUT2D eigenvalue weighted by Gasteiger charge is 2.16. The Hall–Kier alpha value is -1.35. The van der Waals surface area contributed by atoms with Gasteiger partial charge in [-0.05, 0) is 20.0 Å². The SMILES string of the molecule is CNC(C(C)=O)c1ccccc1O. The molecule has 0 bridgehead atoms. The molecule has 0 aliphatic heterocycles. The number of carbonyl (C=O) groups is 1. The monoisotopic (exact) mass is 179 g/mol. The van der Waals surface area contributed by atoms with E-state index in [2.05, 4.69) is 5.32 Å². The summed E-state index contributed by atoms with van der Waals surface area (Å²) in [5, 5.41) is 12.3. The van der Waals surface area contributed by atoms with Crippen LogP contribution in [0.2, 0.25) is 0 Å². The van der Waals surface area contributed by atoms with Crippen LogP contribution in [0.5, 0.6) is 5.75 Å². The number of aromatic hydroxyl groups is 1. The van der Waals surface area contributed by atoms with Crippen LogP contribution in [-0.2, 0) is 4.79 Å². The maximum Gasteiger partial charge on any atom is 0.151 e. The lowest BCUT2D eigenvalue weighted by atomic mass is 10.0. The number of likely N-dealkylation sites (N-methyl/N-ethyl adjacent to an activating group) is 1. The zero-order chi connectivity index (χ0) is 9.84. The molecule has 0 amide bonds. The number of phenols is 1. The highest BCUT2D eigenvalue weighted by atomic mass is 16.3. The van der Waals surface area contributed by atoms with E-state index in [1.807, 2.05) is 0 Å². The van der Waals surface area contributed by atoms with Crippen LogP contribution in [0.4, 0.5) is 0 Å². The standard InChI is InChI=1S/C10H13NO2/c1-7(12)10(11-2)8-5-3-4-6-9(8)13/h3-6,10-11,13H,1-2H3. The van der Waals surface area contributed by atoms with Crippen LogP contribution in [0.15, 0.2) is 24.3 Å². The highest BCUT2D eigenvalue weighted by molar-refractivity contribution is 5.83. The van der Waals surface area contributed by atoms with E-state index in [1.165, 1.54) is 6.92 Å². The third-order valence-corrected chi connectivity index (χ3v) is 1.94. The molecule has 2 N–H and O–H groups in total. The molecular weight excluding hydrogens is 166 g/mol. The Morgan fingerprint density at radius 3 is 2.54 bits per heavy atom. The zero-order valence-electron chi connectivity index (χ0n) is 7.74. The third-order valence-electron chi connectivity index (χ3n) is 1.94. The third kappa shape index (κ3) is 2.06. The normalized spacial score (nSPS) is 12.5. The second-order valence-electron chi connectivity index (χ2n) is 2.89. The largest absolute Gasteiger partial charge is 0.508 e. The number of para-hydroxylation sites is 1. The Bertz CT molecular complexity index is 310. The van der Waals surface area contributed by atoms with Crippen molar-refractivity contribution in [2.45, 2.75) is 13.0 Å². The maximum absolute atomic E-state index is 11.2. The van der Waals surface area contributed by atoms with Gasteiger partial charge in [-0.3, -0.25) is 4.79 Å². The van der Waals surface area contributed by atoms with Crippen molar-refractivity contribution in [3.05, 3.63) is 29.8 Å². The molecule has 0 aromatic heterocycles. The van der Waals surface area contributed by atoms with Gasteiger partial charge >= 0.3 is 0 Å². The van der Waals surface area contributed by atoms with E-state index in [0.29, 0.717) is 5.56 Å². The topological polar surface area (TPSA) is 49.3 Å². The first-order chi connectivity index (χ1) is 6.16. The lowest BCUT2D eigenvalue weighted by Crippen LogP contribution is -2.23. The number of Topliss-reactive ketones (excluding diaryl/α,β-unsaturated/α-hetero) is 1. The molecule has 0 aliphatic carbocycles. The van der Waals surface area contributed by atoms with Crippen molar-refractivity contribution in [1.29, 1.82) is 0 Å². The molecule has 1 aromatic carbocycles. The van der Waals surface area contributed by atoms with Crippen LogP contribution in [0.25, 0.3) is 0 Å². The predicted octanol–water partition coefficient (Wildman–Crippen LogP) is 1.24. The van der Waals surface area contributed by atoms with E-state index >= 15 is 0 Å². The number of rotatable bonds is 3. The van der Waals surface area contributed by atoms with Crippen molar-refractivity contribution in [2.24, 2.45) is 0 Å². The van der Waals surface area contributed by atoms with Gasteiger partial charge < -0.3 is 10.4 Å². The van der Waals surface area contributed by atoms with Crippen LogP contribution < -0.4 is 5.32 Å². The van der Waals surface area contributed by atoms with E-state index in [4.69, 9.17) is 0 Å². The molecule has 3 heteroatoms. The molecule has 3 nitrogen and oxygen atoms in total. The average molecular weight is 179 g/mol. The molecule has 0 fully saturated rings. The molecule has 70 valence electrons. The van der Waals surface area contributed by atoms with Crippen LogP contribution in [-0.4, -0.2) is 17.9 Å². The van der Waals surface area contributed by atoms with Crippen LogP contribution in [0.3, 0.4) is 0 Å². The molecule has 0 spiro atoms. The van der Waals surface area contributed by atoms with E-state index in [9.17, 15) is 9.90 Å². The van der Waals surface area contributed by atoms with Gasteiger partial charge in [-0.15, -0.1) is 0 Å². The molecule has 1 aromatic rings. The lowest BCUT2D eigenvalue weighted by Gasteiger charge is -2.13.